The molecule has 0 aliphatic carbocycles. The summed E-state index contributed by atoms with van der Waals surface area (Å²) in [5, 5.41) is 4.34. The minimum atomic E-state index is -0.149. The van der Waals surface area contributed by atoms with Gasteiger partial charge in [0.1, 0.15) is 5.69 Å². The molecule has 1 heterocycles. The molecule has 1 rings (SSSR count). The van der Waals surface area contributed by atoms with Gasteiger partial charge in [-0.15, -0.1) is 0 Å². The number of aryl methyl sites for hydroxylation is 1. The van der Waals surface area contributed by atoms with Crippen LogP contribution in [0.25, 0.3) is 0 Å². The van der Waals surface area contributed by atoms with Crippen molar-refractivity contribution in [1.29, 1.82) is 0 Å². The molecular formula is C9H11ClN2O. The molecule has 0 spiro atoms. The minimum absolute atomic E-state index is 0.149. The lowest BCUT2D eigenvalue weighted by molar-refractivity contribution is 0.102. The molecule has 70 valence electrons. The van der Waals surface area contributed by atoms with Crippen molar-refractivity contribution < 1.29 is 4.79 Å². The monoisotopic (exact) mass is 198 g/mol. The molecule has 4 heteroatoms. The maximum absolute atomic E-state index is 11.6. The van der Waals surface area contributed by atoms with Gasteiger partial charge in [0.2, 0.25) is 5.78 Å². The molecule has 0 amide bonds. The molecule has 0 radical (unpaired) electrons. The quantitative estimate of drug-likeness (QED) is 0.552. The molecule has 3 nitrogen and oxygen atoms in total. The average Bonchev–Trinajstić information content (AvgIpc) is 2.45. The number of nitrogens with zero attached hydrogens (tertiary/aromatic N) is 2. The van der Waals surface area contributed by atoms with E-state index in [9.17, 15) is 4.79 Å². The van der Waals surface area contributed by atoms with Crippen LogP contribution in [0.4, 0.5) is 0 Å². The zero-order chi connectivity index (χ0) is 10.0. The van der Waals surface area contributed by atoms with Crippen LogP contribution in [-0.4, -0.2) is 15.6 Å². The van der Waals surface area contributed by atoms with Crippen LogP contribution in [0, 0.1) is 0 Å². The molecule has 0 saturated carbocycles. The number of allylic oxidation sites excluding steroid dienone is 1. The molecule has 13 heavy (non-hydrogen) atoms. The second-order valence-corrected chi connectivity index (χ2v) is 3.17. The van der Waals surface area contributed by atoms with E-state index in [0.717, 1.165) is 0 Å². The number of halogens is 1. The van der Waals surface area contributed by atoms with Gasteiger partial charge in [0, 0.05) is 6.54 Å². The van der Waals surface area contributed by atoms with E-state index in [1.54, 1.807) is 11.6 Å². The van der Waals surface area contributed by atoms with Crippen LogP contribution in [0.2, 0.25) is 5.02 Å². The number of ketones is 1. The lowest BCUT2D eigenvalue weighted by Gasteiger charge is -2.03. The highest BCUT2D eigenvalue weighted by atomic mass is 35.5. The van der Waals surface area contributed by atoms with Gasteiger partial charge in [-0.3, -0.25) is 9.48 Å². The summed E-state index contributed by atoms with van der Waals surface area (Å²) in [6.07, 6.45) is 1.47. The Kier molecular flexibility index (Phi) is 2.88. The second kappa shape index (κ2) is 3.75. The number of Topliss-reactive ketones (excluding diaryl/α,β-unsaturated/α-hetero) is 1. The molecule has 0 atom stereocenters. The third-order valence-corrected chi connectivity index (χ3v) is 1.97. The number of hydrogen-bond donors (Lipinski definition) is 0. The van der Waals surface area contributed by atoms with E-state index in [1.807, 2.05) is 6.92 Å². The first-order valence-corrected chi connectivity index (χ1v) is 4.37. The van der Waals surface area contributed by atoms with Gasteiger partial charge >= 0.3 is 0 Å². The average molecular weight is 199 g/mol. The number of carbonyl (C=O) groups is 1. The van der Waals surface area contributed by atoms with Gasteiger partial charge in [0.15, 0.2) is 0 Å². The zero-order valence-corrected chi connectivity index (χ0v) is 8.43. The molecule has 0 N–H and O–H groups in total. The fourth-order valence-corrected chi connectivity index (χ4v) is 1.26. The Hall–Kier alpha value is -1.09. The highest BCUT2D eigenvalue weighted by Gasteiger charge is 2.16. The fourth-order valence-electron chi connectivity index (χ4n) is 1.03. The van der Waals surface area contributed by atoms with Crippen molar-refractivity contribution in [3.63, 3.8) is 0 Å². The predicted octanol–water partition coefficient (Wildman–Crippen LogP) is 2.32. The first kappa shape index (κ1) is 9.99. The van der Waals surface area contributed by atoms with Crippen LogP contribution in [0.5, 0.6) is 0 Å². The van der Waals surface area contributed by atoms with Crippen molar-refractivity contribution in [2.45, 2.75) is 20.4 Å². The number of aromatic nitrogens is 2. The van der Waals surface area contributed by atoms with E-state index in [0.29, 0.717) is 22.8 Å². The highest BCUT2D eigenvalue weighted by Crippen LogP contribution is 2.17. The van der Waals surface area contributed by atoms with Crippen molar-refractivity contribution in [2.24, 2.45) is 0 Å². The van der Waals surface area contributed by atoms with Gasteiger partial charge < -0.3 is 0 Å². The number of rotatable bonds is 3. The van der Waals surface area contributed by atoms with Gasteiger partial charge in [-0.2, -0.15) is 5.10 Å². The van der Waals surface area contributed by atoms with Crippen LogP contribution in [0.3, 0.4) is 0 Å². The van der Waals surface area contributed by atoms with Gasteiger partial charge in [0.25, 0.3) is 0 Å². The van der Waals surface area contributed by atoms with E-state index in [4.69, 9.17) is 11.6 Å². The molecule has 0 aliphatic rings. The molecule has 0 aromatic carbocycles. The van der Waals surface area contributed by atoms with E-state index in [2.05, 4.69) is 11.7 Å². The number of hydrogen-bond acceptors (Lipinski definition) is 2. The predicted molar refractivity (Wildman–Crippen MR) is 52.1 cm³/mol. The van der Waals surface area contributed by atoms with Gasteiger partial charge in [-0.25, -0.2) is 0 Å². The molecule has 0 saturated heterocycles. The third kappa shape index (κ3) is 1.80. The Labute approximate surface area is 82.0 Å². The molecule has 0 fully saturated rings. The molecule has 0 aliphatic heterocycles. The minimum Gasteiger partial charge on any atom is -0.287 e. The summed E-state index contributed by atoms with van der Waals surface area (Å²) in [4.78, 5) is 11.6. The summed E-state index contributed by atoms with van der Waals surface area (Å²) in [7, 11) is 0. The Morgan fingerprint density at radius 3 is 2.85 bits per heavy atom. The fraction of sp³-hybridized carbons (Fsp3) is 0.333. The number of carbonyl (C=O) groups excluding carboxylic acids is 1. The highest BCUT2D eigenvalue weighted by molar-refractivity contribution is 6.34. The summed E-state index contributed by atoms with van der Waals surface area (Å²) in [5.74, 6) is -0.149. The topological polar surface area (TPSA) is 34.9 Å². The van der Waals surface area contributed by atoms with Crippen LogP contribution >= 0.6 is 11.6 Å². The van der Waals surface area contributed by atoms with Gasteiger partial charge in [0.05, 0.1) is 11.2 Å². The largest absolute Gasteiger partial charge is 0.287 e. The van der Waals surface area contributed by atoms with E-state index < -0.39 is 0 Å². The maximum Gasteiger partial charge on any atom is 0.207 e. The van der Waals surface area contributed by atoms with E-state index in [-0.39, 0.29) is 5.78 Å². The lowest BCUT2D eigenvalue weighted by Crippen LogP contribution is -2.10. The standard InChI is InChI=1S/C9H11ClN2O/c1-4-12-8(7(10)5-11-12)9(13)6(2)3/h5H,2,4H2,1,3H3. The summed E-state index contributed by atoms with van der Waals surface area (Å²) in [6.45, 7) is 7.76. The Balaban J connectivity index is 3.18. The van der Waals surface area contributed by atoms with Crippen LogP contribution in [0.15, 0.2) is 18.3 Å². The van der Waals surface area contributed by atoms with Crippen LogP contribution < -0.4 is 0 Å². The van der Waals surface area contributed by atoms with Crippen molar-refractivity contribution in [3.05, 3.63) is 29.1 Å². The zero-order valence-electron chi connectivity index (χ0n) is 7.67. The smallest absolute Gasteiger partial charge is 0.207 e. The Morgan fingerprint density at radius 1 is 1.77 bits per heavy atom. The van der Waals surface area contributed by atoms with E-state index >= 15 is 0 Å². The maximum atomic E-state index is 11.6. The van der Waals surface area contributed by atoms with Gasteiger partial charge in [-0.05, 0) is 19.4 Å². The Bertz CT molecular complexity index is 354. The first-order valence-electron chi connectivity index (χ1n) is 3.99. The summed E-state index contributed by atoms with van der Waals surface area (Å²) >= 11 is 5.82. The van der Waals surface area contributed by atoms with Crippen LogP contribution in [0.1, 0.15) is 24.3 Å². The Morgan fingerprint density at radius 2 is 2.38 bits per heavy atom. The van der Waals surface area contributed by atoms with Crippen molar-refractivity contribution in [3.8, 4) is 0 Å². The van der Waals surface area contributed by atoms with E-state index in [1.165, 1.54) is 6.20 Å². The van der Waals surface area contributed by atoms with Crippen molar-refractivity contribution >= 4 is 17.4 Å². The van der Waals surface area contributed by atoms with Crippen molar-refractivity contribution in [1.82, 2.24) is 9.78 Å². The molecule has 0 bridgehead atoms. The summed E-state index contributed by atoms with van der Waals surface area (Å²) in [6, 6.07) is 0. The molecule has 1 aromatic heterocycles. The molecule has 0 unspecified atom stereocenters. The summed E-state index contributed by atoms with van der Waals surface area (Å²) in [5.41, 5.74) is 0.897. The normalized spacial score (nSPS) is 10.1. The SMILES string of the molecule is C=C(C)C(=O)c1c(Cl)cnn1CC. The summed E-state index contributed by atoms with van der Waals surface area (Å²) < 4.78 is 1.57. The van der Waals surface area contributed by atoms with Crippen molar-refractivity contribution in [2.75, 3.05) is 0 Å². The van der Waals surface area contributed by atoms with Crippen LogP contribution in [-0.2, 0) is 6.54 Å². The second-order valence-electron chi connectivity index (χ2n) is 2.77. The lowest BCUT2D eigenvalue weighted by atomic mass is 10.1. The third-order valence-electron chi connectivity index (χ3n) is 1.70. The first-order chi connectivity index (χ1) is 6.07. The molecule has 1 aromatic rings. The molecular weight excluding hydrogens is 188 g/mol. The van der Waals surface area contributed by atoms with Gasteiger partial charge in [-0.1, -0.05) is 18.2 Å².